The third kappa shape index (κ3) is 3.78. The van der Waals surface area contributed by atoms with E-state index in [4.69, 9.17) is 9.47 Å². The zero-order valence-electron chi connectivity index (χ0n) is 12.6. The van der Waals surface area contributed by atoms with Crippen LogP contribution in [0.4, 0.5) is 0 Å². The van der Waals surface area contributed by atoms with Crippen molar-refractivity contribution in [2.24, 2.45) is 0 Å². The van der Waals surface area contributed by atoms with Gasteiger partial charge < -0.3 is 9.47 Å². The summed E-state index contributed by atoms with van der Waals surface area (Å²) in [7, 11) is 0. The SMILES string of the molecule is Cc1nc(C)c(OC(C)C(=O)Oc2ccccc2)nc1C. The molecule has 0 saturated heterocycles. The zero-order valence-corrected chi connectivity index (χ0v) is 12.6. The van der Waals surface area contributed by atoms with Crippen molar-refractivity contribution in [2.75, 3.05) is 0 Å². The van der Waals surface area contributed by atoms with Gasteiger partial charge >= 0.3 is 5.97 Å². The third-order valence-corrected chi connectivity index (χ3v) is 3.02. The Morgan fingerprint density at radius 2 is 1.62 bits per heavy atom. The monoisotopic (exact) mass is 286 g/mol. The normalized spacial score (nSPS) is 11.8. The van der Waals surface area contributed by atoms with E-state index in [2.05, 4.69) is 9.97 Å². The Labute approximate surface area is 124 Å². The molecule has 1 aromatic heterocycles. The van der Waals surface area contributed by atoms with E-state index in [0.29, 0.717) is 17.3 Å². The number of ether oxygens (including phenoxy) is 2. The zero-order chi connectivity index (χ0) is 15.4. The van der Waals surface area contributed by atoms with Gasteiger partial charge in [-0.1, -0.05) is 18.2 Å². The summed E-state index contributed by atoms with van der Waals surface area (Å²) in [6, 6.07) is 8.88. The van der Waals surface area contributed by atoms with E-state index >= 15 is 0 Å². The topological polar surface area (TPSA) is 61.3 Å². The Bertz CT molecular complexity index is 641. The van der Waals surface area contributed by atoms with Gasteiger partial charge in [-0.15, -0.1) is 0 Å². The van der Waals surface area contributed by atoms with Crippen LogP contribution in [0.1, 0.15) is 24.0 Å². The fraction of sp³-hybridized carbons (Fsp3) is 0.312. The molecule has 0 amide bonds. The first-order valence-electron chi connectivity index (χ1n) is 6.72. The fourth-order valence-electron chi connectivity index (χ4n) is 1.71. The van der Waals surface area contributed by atoms with Gasteiger partial charge in [-0.05, 0) is 39.8 Å². The summed E-state index contributed by atoms with van der Waals surface area (Å²) >= 11 is 0. The maximum atomic E-state index is 12.0. The molecule has 2 rings (SSSR count). The van der Waals surface area contributed by atoms with Crippen molar-refractivity contribution in [3.8, 4) is 11.6 Å². The summed E-state index contributed by atoms with van der Waals surface area (Å²) in [5.41, 5.74) is 2.27. The summed E-state index contributed by atoms with van der Waals surface area (Å²) in [5.74, 6) is 0.372. The molecule has 21 heavy (non-hydrogen) atoms. The van der Waals surface area contributed by atoms with Gasteiger partial charge in [-0.25, -0.2) is 9.78 Å². The van der Waals surface area contributed by atoms with Crippen LogP contribution in [0.2, 0.25) is 0 Å². The number of hydrogen-bond acceptors (Lipinski definition) is 5. The molecular weight excluding hydrogens is 268 g/mol. The van der Waals surface area contributed by atoms with E-state index in [1.807, 2.05) is 19.9 Å². The first-order valence-corrected chi connectivity index (χ1v) is 6.72. The first-order chi connectivity index (χ1) is 9.97. The molecule has 0 spiro atoms. The van der Waals surface area contributed by atoms with Crippen molar-refractivity contribution in [1.29, 1.82) is 0 Å². The molecule has 110 valence electrons. The van der Waals surface area contributed by atoms with Gasteiger partial charge in [-0.2, -0.15) is 0 Å². The number of para-hydroxylation sites is 1. The number of esters is 1. The number of hydrogen-bond donors (Lipinski definition) is 0. The number of nitrogens with zero attached hydrogens (tertiary/aromatic N) is 2. The van der Waals surface area contributed by atoms with E-state index in [1.54, 1.807) is 38.1 Å². The van der Waals surface area contributed by atoms with Crippen LogP contribution in [0.25, 0.3) is 0 Å². The molecule has 0 aliphatic heterocycles. The molecule has 1 aromatic carbocycles. The maximum absolute atomic E-state index is 12.0. The minimum Gasteiger partial charge on any atom is -0.461 e. The Hall–Kier alpha value is -2.43. The highest BCUT2D eigenvalue weighted by atomic mass is 16.6. The average molecular weight is 286 g/mol. The van der Waals surface area contributed by atoms with Gasteiger partial charge in [0.1, 0.15) is 5.75 Å². The van der Waals surface area contributed by atoms with E-state index in [1.165, 1.54) is 0 Å². The van der Waals surface area contributed by atoms with E-state index < -0.39 is 12.1 Å². The molecule has 1 unspecified atom stereocenters. The van der Waals surface area contributed by atoms with Crippen LogP contribution in [0.3, 0.4) is 0 Å². The van der Waals surface area contributed by atoms with Crippen molar-refractivity contribution in [3.05, 3.63) is 47.4 Å². The molecule has 0 N–H and O–H groups in total. The first kappa shape index (κ1) is 15.0. The van der Waals surface area contributed by atoms with Gasteiger partial charge in [-0.3, -0.25) is 4.98 Å². The number of benzene rings is 1. The molecule has 1 atom stereocenters. The Morgan fingerprint density at radius 3 is 2.29 bits per heavy atom. The predicted octanol–water partition coefficient (Wildman–Crippen LogP) is 2.77. The molecule has 0 saturated carbocycles. The second-order valence-electron chi connectivity index (χ2n) is 4.78. The standard InChI is InChI=1S/C16H18N2O3/c1-10-11(2)18-15(12(3)17-10)20-13(4)16(19)21-14-8-6-5-7-9-14/h5-9,13H,1-4H3. The summed E-state index contributed by atoms with van der Waals surface area (Å²) in [5, 5.41) is 0. The summed E-state index contributed by atoms with van der Waals surface area (Å²) in [6.07, 6.45) is -0.764. The molecule has 0 fully saturated rings. The lowest BCUT2D eigenvalue weighted by Crippen LogP contribution is -2.29. The van der Waals surface area contributed by atoms with Gasteiger partial charge in [0.2, 0.25) is 5.88 Å². The molecule has 5 heteroatoms. The summed E-state index contributed by atoms with van der Waals surface area (Å²) in [4.78, 5) is 20.6. The van der Waals surface area contributed by atoms with Crippen LogP contribution < -0.4 is 9.47 Å². The van der Waals surface area contributed by atoms with Crippen molar-refractivity contribution >= 4 is 5.97 Å². The highest BCUT2D eigenvalue weighted by Crippen LogP contribution is 2.17. The quantitative estimate of drug-likeness (QED) is 0.639. The largest absolute Gasteiger partial charge is 0.461 e. The van der Waals surface area contributed by atoms with Gasteiger partial charge in [0.15, 0.2) is 6.10 Å². The Balaban J connectivity index is 2.06. The van der Waals surface area contributed by atoms with Crippen LogP contribution >= 0.6 is 0 Å². The minimum absolute atomic E-state index is 0.357. The van der Waals surface area contributed by atoms with Crippen molar-refractivity contribution < 1.29 is 14.3 Å². The molecule has 1 heterocycles. The lowest BCUT2D eigenvalue weighted by Gasteiger charge is -2.15. The maximum Gasteiger partial charge on any atom is 0.352 e. The lowest BCUT2D eigenvalue weighted by atomic mass is 10.3. The van der Waals surface area contributed by atoms with Gasteiger partial charge in [0, 0.05) is 0 Å². The second-order valence-corrected chi connectivity index (χ2v) is 4.78. The fourth-order valence-corrected chi connectivity index (χ4v) is 1.71. The summed E-state index contributed by atoms with van der Waals surface area (Å²) < 4.78 is 10.8. The molecule has 0 aliphatic rings. The highest BCUT2D eigenvalue weighted by molar-refractivity contribution is 5.77. The molecule has 0 aliphatic carbocycles. The van der Waals surface area contributed by atoms with E-state index in [9.17, 15) is 4.79 Å². The van der Waals surface area contributed by atoms with Crippen LogP contribution in [0.15, 0.2) is 30.3 Å². The van der Waals surface area contributed by atoms with E-state index in [0.717, 1.165) is 11.4 Å². The molecular formula is C16H18N2O3. The summed E-state index contributed by atoms with van der Waals surface area (Å²) in [6.45, 7) is 7.15. The van der Waals surface area contributed by atoms with Crippen LogP contribution in [-0.2, 0) is 4.79 Å². The van der Waals surface area contributed by atoms with Crippen molar-refractivity contribution in [2.45, 2.75) is 33.8 Å². The third-order valence-electron chi connectivity index (χ3n) is 3.02. The van der Waals surface area contributed by atoms with Crippen LogP contribution in [0, 0.1) is 20.8 Å². The minimum atomic E-state index is -0.764. The van der Waals surface area contributed by atoms with Gasteiger partial charge in [0.25, 0.3) is 0 Å². The van der Waals surface area contributed by atoms with Crippen molar-refractivity contribution in [3.63, 3.8) is 0 Å². The Morgan fingerprint density at radius 1 is 1.00 bits per heavy atom. The molecule has 0 radical (unpaired) electrons. The predicted molar refractivity (Wildman–Crippen MR) is 78.4 cm³/mol. The Kier molecular flexibility index (Phi) is 4.52. The van der Waals surface area contributed by atoms with Crippen molar-refractivity contribution in [1.82, 2.24) is 9.97 Å². The number of carbonyl (C=O) groups excluding carboxylic acids is 1. The molecule has 0 bridgehead atoms. The smallest absolute Gasteiger partial charge is 0.352 e. The van der Waals surface area contributed by atoms with Gasteiger partial charge in [0.05, 0.1) is 17.1 Å². The number of carbonyl (C=O) groups is 1. The highest BCUT2D eigenvalue weighted by Gasteiger charge is 2.19. The average Bonchev–Trinajstić information content (AvgIpc) is 2.45. The number of rotatable bonds is 4. The van der Waals surface area contributed by atoms with Crippen LogP contribution in [-0.4, -0.2) is 22.0 Å². The number of aryl methyl sites for hydroxylation is 3. The molecule has 2 aromatic rings. The number of aromatic nitrogens is 2. The second kappa shape index (κ2) is 6.35. The van der Waals surface area contributed by atoms with Crippen LogP contribution in [0.5, 0.6) is 11.6 Å². The molecule has 5 nitrogen and oxygen atoms in total. The lowest BCUT2D eigenvalue weighted by molar-refractivity contribution is -0.141. The van der Waals surface area contributed by atoms with E-state index in [-0.39, 0.29) is 0 Å².